The number of carbonyl (C=O) groups excluding carboxylic acids is 1. The molecule has 0 fully saturated rings. The number of hydrogen-bond acceptors (Lipinski definition) is 8. The van der Waals surface area contributed by atoms with Crippen LogP contribution in [-0.4, -0.2) is 49.2 Å². The number of ether oxygens (including phenoxy) is 1. The van der Waals surface area contributed by atoms with Gasteiger partial charge in [-0.05, 0) is 43.4 Å². The Hall–Kier alpha value is -1.85. The number of carbonyl (C=O) groups is 1. The maximum atomic E-state index is 12.8. The Bertz CT molecular complexity index is 884. The molecule has 0 aliphatic heterocycles. The minimum Gasteiger partial charge on any atom is -0.494 e. The van der Waals surface area contributed by atoms with E-state index in [1.165, 1.54) is 23.1 Å². The summed E-state index contributed by atoms with van der Waals surface area (Å²) in [5.74, 6) is 1.03. The van der Waals surface area contributed by atoms with E-state index >= 15 is 0 Å². The van der Waals surface area contributed by atoms with Crippen LogP contribution in [-0.2, 0) is 14.8 Å². The number of hydrogen-bond donors (Lipinski definition) is 1. The first kappa shape index (κ1) is 22.4. The highest BCUT2D eigenvalue weighted by Crippen LogP contribution is 2.28. The minimum absolute atomic E-state index is 0.293. The van der Waals surface area contributed by atoms with Gasteiger partial charge in [-0.2, -0.15) is 0 Å². The predicted octanol–water partition coefficient (Wildman–Crippen LogP) is 3.23. The molecule has 0 saturated heterocycles. The average molecular weight is 445 g/mol. The van der Waals surface area contributed by atoms with E-state index in [0.29, 0.717) is 29.6 Å². The molecular weight excluding hydrogens is 420 g/mol. The molecule has 0 unspecified atom stereocenters. The molecule has 0 aliphatic rings. The molecule has 28 heavy (non-hydrogen) atoms. The Morgan fingerprint density at radius 3 is 2.46 bits per heavy atom. The van der Waals surface area contributed by atoms with Gasteiger partial charge in [0.2, 0.25) is 21.1 Å². The average Bonchev–Trinajstić information content (AvgIpc) is 3.07. The van der Waals surface area contributed by atoms with Gasteiger partial charge in [0.05, 0.1) is 18.6 Å². The summed E-state index contributed by atoms with van der Waals surface area (Å²) < 4.78 is 32.2. The molecule has 2 rings (SSSR count). The van der Waals surface area contributed by atoms with Gasteiger partial charge in [0.15, 0.2) is 4.34 Å². The van der Waals surface area contributed by atoms with Crippen molar-refractivity contribution in [1.29, 1.82) is 0 Å². The third-order valence-electron chi connectivity index (χ3n) is 3.64. The van der Waals surface area contributed by atoms with Gasteiger partial charge >= 0.3 is 0 Å². The zero-order chi connectivity index (χ0) is 20.7. The number of anilines is 2. The Morgan fingerprint density at radius 2 is 1.93 bits per heavy atom. The molecule has 1 N–H and O–H groups in total. The summed E-state index contributed by atoms with van der Waals surface area (Å²) in [4.78, 5) is 12.8. The van der Waals surface area contributed by atoms with E-state index < -0.39 is 22.0 Å². The molecule has 8 nitrogen and oxygen atoms in total. The first-order chi connectivity index (χ1) is 13.3. The molecule has 1 heterocycles. The lowest BCUT2D eigenvalue weighted by atomic mass is 10.2. The van der Waals surface area contributed by atoms with E-state index in [9.17, 15) is 13.2 Å². The van der Waals surface area contributed by atoms with Crippen LogP contribution < -0.4 is 14.4 Å². The van der Waals surface area contributed by atoms with Crippen LogP contribution in [0.2, 0.25) is 0 Å². The quantitative estimate of drug-likeness (QED) is 0.443. The van der Waals surface area contributed by atoms with Crippen molar-refractivity contribution in [2.24, 2.45) is 0 Å². The van der Waals surface area contributed by atoms with Gasteiger partial charge in [0, 0.05) is 0 Å². The van der Waals surface area contributed by atoms with Crippen molar-refractivity contribution in [1.82, 2.24) is 10.2 Å². The monoisotopic (exact) mass is 444 g/mol. The van der Waals surface area contributed by atoms with E-state index in [-0.39, 0.29) is 0 Å². The van der Waals surface area contributed by atoms with Crippen LogP contribution in [0.15, 0.2) is 28.6 Å². The van der Waals surface area contributed by atoms with Crippen molar-refractivity contribution in [2.45, 2.75) is 37.6 Å². The summed E-state index contributed by atoms with van der Waals surface area (Å²) in [7, 11) is -3.70. The molecule has 0 spiro atoms. The minimum atomic E-state index is -3.70. The second-order valence-electron chi connectivity index (χ2n) is 5.71. The van der Waals surface area contributed by atoms with Crippen LogP contribution in [0.5, 0.6) is 5.75 Å². The molecule has 0 aliphatic carbocycles. The van der Waals surface area contributed by atoms with Crippen LogP contribution in [0.1, 0.15) is 27.2 Å². The van der Waals surface area contributed by atoms with Crippen LogP contribution >= 0.6 is 23.1 Å². The molecule has 11 heteroatoms. The van der Waals surface area contributed by atoms with E-state index in [1.54, 1.807) is 31.2 Å². The third kappa shape index (κ3) is 5.82. The fourth-order valence-electron chi connectivity index (χ4n) is 2.55. The standard InChI is InChI=1S/C17H24N4O4S3/c1-5-14(15(22)18-16-19-20-17(27-16)26-7-3)21(28(4,23)24)12-8-10-13(11-9-12)25-6-2/h8-11,14H,5-7H2,1-4H3,(H,18,19,22)/t14-/m1/s1. The molecule has 0 radical (unpaired) electrons. The zero-order valence-corrected chi connectivity index (χ0v) is 18.7. The summed E-state index contributed by atoms with van der Waals surface area (Å²) in [5.41, 5.74) is 0.396. The molecule has 1 aromatic heterocycles. The first-order valence-corrected chi connectivity index (χ1v) is 12.4. The molecule has 2 aromatic rings. The number of benzene rings is 1. The summed E-state index contributed by atoms with van der Waals surface area (Å²) in [6.45, 7) is 6.13. The summed E-state index contributed by atoms with van der Waals surface area (Å²) >= 11 is 2.79. The van der Waals surface area contributed by atoms with Gasteiger partial charge in [-0.25, -0.2) is 8.42 Å². The van der Waals surface area contributed by atoms with E-state index in [1.807, 2.05) is 13.8 Å². The van der Waals surface area contributed by atoms with E-state index in [0.717, 1.165) is 20.7 Å². The van der Waals surface area contributed by atoms with Gasteiger partial charge in [0.1, 0.15) is 11.8 Å². The van der Waals surface area contributed by atoms with Gasteiger partial charge < -0.3 is 4.74 Å². The van der Waals surface area contributed by atoms with Gasteiger partial charge in [-0.15, -0.1) is 10.2 Å². The normalized spacial score (nSPS) is 12.4. The second-order valence-corrected chi connectivity index (χ2v) is 10.1. The van der Waals surface area contributed by atoms with E-state index in [4.69, 9.17) is 4.74 Å². The topological polar surface area (TPSA) is 101 Å². The van der Waals surface area contributed by atoms with Crippen molar-refractivity contribution < 1.29 is 17.9 Å². The van der Waals surface area contributed by atoms with Crippen molar-refractivity contribution in [3.8, 4) is 5.75 Å². The SMILES string of the molecule is CCOc1ccc(N([C@H](CC)C(=O)Nc2nnc(SCC)s2)S(C)(=O)=O)cc1. The first-order valence-electron chi connectivity index (χ1n) is 8.79. The molecule has 1 aromatic carbocycles. The highest BCUT2D eigenvalue weighted by atomic mass is 32.2. The smallest absolute Gasteiger partial charge is 0.250 e. The van der Waals surface area contributed by atoms with Gasteiger partial charge in [-0.1, -0.05) is 36.9 Å². The van der Waals surface area contributed by atoms with Crippen LogP contribution in [0.25, 0.3) is 0 Å². The number of amides is 1. The predicted molar refractivity (Wildman–Crippen MR) is 114 cm³/mol. The molecule has 1 atom stereocenters. The zero-order valence-electron chi connectivity index (χ0n) is 16.2. The number of thioether (sulfide) groups is 1. The van der Waals surface area contributed by atoms with Crippen LogP contribution in [0.3, 0.4) is 0 Å². The number of rotatable bonds is 10. The molecule has 0 bridgehead atoms. The van der Waals surface area contributed by atoms with Crippen LogP contribution in [0, 0.1) is 0 Å². The van der Waals surface area contributed by atoms with Crippen molar-refractivity contribution >= 4 is 49.8 Å². The highest BCUT2D eigenvalue weighted by molar-refractivity contribution is 8.01. The summed E-state index contributed by atoms with van der Waals surface area (Å²) in [6, 6.07) is 5.70. The van der Waals surface area contributed by atoms with Crippen molar-refractivity contribution in [3.63, 3.8) is 0 Å². The summed E-state index contributed by atoms with van der Waals surface area (Å²) in [6.07, 6.45) is 1.38. The van der Waals surface area contributed by atoms with Gasteiger partial charge in [-0.3, -0.25) is 14.4 Å². The van der Waals surface area contributed by atoms with Gasteiger partial charge in [0.25, 0.3) is 0 Å². The van der Waals surface area contributed by atoms with Crippen LogP contribution in [0.4, 0.5) is 10.8 Å². The van der Waals surface area contributed by atoms with Crippen molar-refractivity contribution in [3.05, 3.63) is 24.3 Å². The molecule has 1 amide bonds. The third-order valence-corrected chi connectivity index (χ3v) is 6.67. The maximum Gasteiger partial charge on any atom is 0.250 e. The van der Waals surface area contributed by atoms with Crippen molar-refractivity contribution in [2.75, 3.05) is 28.2 Å². The summed E-state index contributed by atoms with van der Waals surface area (Å²) in [5, 5.41) is 11.0. The number of nitrogens with one attached hydrogen (secondary N) is 1. The Labute approximate surface area is 173 Å². The Kier molecular flexibility index (Phi) is 8.08. The number of nitrogens with zero attached hydrogens (tertiary/aromatic N) is 3. The van der Waals surface area contributed by atoms with E-state index in [2.05, 4.69) is 15.5 Å². The largest absolute Gasteiger partial charge is 0.494 e. The maximum absolute atomic E-state index is 12.8. The highest BCUT2D eigenvalue weighted by Gasteiger charge is 2.32. The number of sulfonamides is 1. The lowest BCUT2D eigenvalue weighted by molar-refractivity contribution is -0.117. The fourth-order valence-corrected chi connectivity index (χ4v) is 5.41. The second kappa shape index (κ2) is 10.1. The Balaban J connectivity index is 2.27. The molecule has 0 saturated carbocycles. The number of aromatic nitrogens is 2. The molecular formula is C17H24N4O4S3. The lowest BCUT2D eigenvalue weighted by Gasteiger charge is -2.29. The lowest BCUT2D eigenvalue weighted by Crippen LogP contribution is -2.47. The Morgan fingerprint density at radius 1 is 1.25 bits per heavy atom. The fraction of sp³-hybridized carbons (Fsp3) is 0.471. The molecule has 154 valence electrons.